The molecule has 0 aliphatic carbocycles. The molecule has 4 nitrogen and oxygen atoms in total. The fourth-order valence-electron chi connectivity index (χ4n) is 2.16. The van der Waals surface area contributed by atoms with E-state index in [4.69, 9.17) is 0 Å². The third-order valence-corrected chi connectivity index (χ3v) is 3.42. The molecule has 1 aliphatic rings. The number of aliphatic hydroxyl groups excluding tert-OH is 1. The Morgan fingerprint density at radius 3 is 2.83 bits per heavy atom. The summed E-state index contributed by atoms with van der Waals surface area (Å²) >= 11 is 0. The molecule has 0 radical (unpaired) electrons. The Morgan fingerprint density at radius 2 is 2.22 bits per heavy atom. The second-order valence-electron chi connectivity index (χ2n) is 5.10. The van der Waals surface area contributed by atoms with Gasteiger partial charge in [-0.15, -0.1) is 0 Å². The largest absolute Gasteiger partial charge is 0.394 e. The van der Waals surface area contributed by atoms with Gasteiger partial charge in [0, 0.05) is 12.1 Å². The summed E-state index contributed by atoms with van der Waals surface area (Å²) < 4.78 is 0. The van der Waals surface area contributed by atoms with Crippen molar-refractivity contribution in [2.24, 2.45) is 5.92 Å². The smallest absolute Gasteiger partial charge is 0.243 e. The number of fused-ring (bicyclic) bond motifs is 1. The Labute approximate surface area is 107 Å². The van der Waals surface area contributed by atoms with Crippen molar-refractivity contribution in [3.63, 3.8) is 0 Å². The Morgan fingerprint density at radius 1 is 1.50 bits per heavy atom. The van der Waals surface area contributed by atoms with Gasteiger partial charge < -0.3 is 15.7 Å². The molecule has 0 bridgehead atoms. The summed E-state index contributed by atoms with van der Waals surface area (Å²) in [7, 11) is 0. The third kappa shape index (κ3) is 2.64. The van der Waals surface area contributed by atoms with E-state index in [2.05, 4.69) is 10.6 Å². The van der Waals surface area contributed by atoms with Crippen LogP contribution >= 0.6 is 0 Å². The number of aliphatic hydroxyl groups is 1. The first kappa shape index (κ1) is 12.9. The van der Waals surface area contributed by atoms with Gasteiger partial charge >= 0.3 is 0 Å². The van der Waals surface area contributed by atoms with E-state index in [9.17, 15) is 9.90 Å². The van der Waals surface area contributed by atoms with E-state index in [0.29, 0.717) is 6.42 Å². The SMILES string of the molecule is CC(C)[C@@H](CO)NC(=O)[C@@H]1Cc2ccccc2N1. The van der Waals surface area contributed by atoms with Crippen molar-refractivity contribution in [1.29, 1.82) is 0 Å². The van der Waals surface area contributed by atoms with E-state index in [1.165, 1.54) is 5.56 Å². The fourth-order valence-corrected chi connectivity index (χ4v) is 2.16. The highest BCUT2D eigenvalue weighted by molar-refractivity contribution is 5.87. The Balaban J connectivity index is 1.97. The number of nitrogens with one attached hydrogen (secondary N) is 2. The maximum absolute atomic E-state index is 12.1. The van der Waals surface area contributed by atoms with Gasteiger partial charge in [-0.1, -0.05) is 32.0 Å². The lowest BCUT2D eigenvalue weighted by molar-refractivity contribution is -0.123. The number of benzene rings is 1. The summed E-state index contributed by atoms with van der Waals surface area (Å²) in [6, 6.07) is 7.54. The molecule has 0 fully saturated rings. The molecule has 1 aliphatic heterocycles. The van der Waals surface area contributed by atoms with Crippen molar-refractivity contribution in [3.05, 3.63) is 29.8 Å². The van der Waals surface area contributed by atoms with E-state index in [0.717, 1.165) is 5.69 Å². The van der Waals surface area contributed by atoms with Crippen LogP contribution in [0.1, 0.15) is 19.4 Å². The summed E-state index contributed by atoms with van der Waals surface area (Å²) in [5.41, 5.74) is 2.20. The van der Waals surface area contributed by atoms with Crippen LogP contribution in [0, 0.1) is 5.92 Å². The van der Waals surface area contributed by atoms with Gasteiger partial charge in [0.1, 0.15) is 6.04 Å². The molecule has 1 heterocycles. The molecule has 2 atom stereocenters. The van der Waals surface area contributed by atoms with Gasteiger partial charge in [-0.25, -0.2) is 0 Å². The standard InChI is InChI=1S/C14H20N2O2/c1-9(2)13(8-17)16-14(18)12-7-10-5-3-4-6-11(10)15-12/h3-6,9,12-13,15,17H,7-8H2,1-2H3,(H,16,18)/t12-,13+/m0/s1. The molecule has 1 aromatic carbocycles. The van der Waals surface area contributed by atoms with E-state index in [-0.39, 0.29) is 30.5 Å². The fraction of sp³-hybridized carbons (Fsp3) is 0.500. The van der Waals surface area contributed by atoms with Crippen molar-refractivity contribution >= 4 is 11.6 Å². The average molecular weight is 248 g/mol. The summed E-state index contributed by atoms with van der Waals surface area (Å²) in [5.74, 6) is 0.182. The summed E-state index contributed by atoms with van der Waals surface area (Å²) in [6.45, 7) is 3.94. The minimum absolute atomic E-state index is 0.0247. The predicted octanol–water partition coefficient (Wildman–Crippen LogP) is 1.16. The molecular weight excluding hydrogens is 228 g/mol. The van der Waals surface area contributed by atoms with Crippen molar-refractivity contribution in [2.75, 3.05) is 11.9 Å². The second kappa shape index (κ2) is 5.40. The van der Waals surface area contributed by atoms with Crippen LogP contribution in [0.4, 0.5) is 5.69 Å². The van der Waals surface area contributed by atoms with Crippen LogP contribution in [0.3, 0.4) is 0 Å². The first-order chi connectivity index (χ1) is 8.61. The van der Waals surface area contributed by atoms with Crippen LogP contribution in [-0.4, -0.2) is 29.7 Å². The second-order valence-corrected chi connectivity index (χ2v) is 5.10. The average Bonchev–Trinajstić information content (AvgIpc) is 2.79. The van der Waals surface area contributed by atoms with Crippen molar-refractivity contribution in [2.45, 2.75) is 32.4 Å². The van der Waals surface area contributed by atoms with E-state index >= 15 is 0 Å². The number of carbonyl (C=O) groups is 1. The van der Waals surface area contributed by atoms with Gasteiger partial charge in [-0.05, 0) is 17.5 Å². The van der Waals surface area contributed by atoms with Gasteiger partial charge in [-0.3, -0.25) is 4.79 Å². The van der Waals surface area contributed by atoms with E-state index in [1.54, 1.807) is 0 Å². The van der Waals surface area contributed by atoms with Gasteiger partial charge in [0.15, 0.2) is 0 Å². The van der Waals surface area contributed by atoms with Gasteiger partial charge in [-0.2, -0.15) is 0 Å². The lowest BCUT2D eigenvalue weighted by Crippen LogP contribution is -2.47. The number of amides is 1. The molecular formula is C14H20N2O2. The molecule has 0 saturated heterocycles. The van der Waals surface area contributed by atoms with E-state index in [1.807, 2.05) is 38.1 Å². The van der Waals surface area contributed by atoms with Crippen LogP contribution < -0.4 is 10.6 Å². The zero-order valence-electron chi connectivity index (χ0n) is 10.8. The lowest BCUT2D eigenvalue weighted by atomic mass is 10.0. The van der Waals surface area contributed by atoms with Crippen molar-refractivity contribution < 1.29 is 9.90 Å². The highest BCUT2D eigenvalue weighted by Crippen LogP contribution is 2.25. The highest BCUT2D eigenvalue weighted by atomic mass is 16.3. The zero-order valence-corrected chi connectivity index (χ0v) is 10.8. The highest BCUT2D eigenvalue weighted by Gasteiger charge is 2.28. The van der Waals surface area contributed by atoms with Gasteiger partial charge in [0.25, 0.3) is 0 Å². The summed E-state index contributed by atoms with van der Waals surface area (Å²) in [4.78, 5) is 12.1. The number of anilines is 1. The minimum atomic E-state index is -0.227. The number of hydrogen-bond acceptors (Lipinski definition) is 3. The summed E-state index contributed by atoms with van der Waals surface area (Å²) in [5, 5.41) is 15.3. The van der Waals surface area contributed by atoms with Crippen LogP contribution in [-0.2, 0) is 11.2 Å². The van der Waals surface area contributed by atoms with Crippen molar-refractivity contribution in [3.8, 4) is 0 Å². The molecule has 1 amide bonds. The first-order valence-corrected chi connectivity index (χ1v) is 6.37. The van der Waals surface area contributed by atoms with Gasteiger partial charge in [0.05, 0.1) is 12.6 Å². The number of hydrogen-bond donors (Lipinski definition) is 3. The zero-order chi connectivity index (χ0) is 13.1. The Bertz CT molecular complexity index is 407. The molecule has 3 N–H and O–H groups in total. The molecule has 98 valence electrons. The number of carbonyl (C=O) groups excluding carboxylic acids is 1. The molecule has 0 aromatic heterocycles. The first-order valence-electron chi connectivity index (χ1n) is 6.37. The molecule has 4 heteroatoms. The predicted molar refractivity (Wildman–Crippen MR) is 71.4 cm³/mol. The molecule has 1 aromatic rings. The van der Waals surface area contributed by atoms with Gasteiger partial charge in [0.2, 0.25) is 5.91 Å². The van der Waals surface area contributed by atoms with E-state index < -0.39 is 0 Å². The molecule has 18 heavy (non-hydrogen) atoms. The number of rotatable bonds is 4. The van der Waals surface area contributed by atoms with Crippen LogP contribution in [0.5, 0.6) is 0 Å². The normalized spacial score (nSPS) is 19.2. The molecule has 0 spiro atoms. The minimum Gasteiger partial charge on any atom is -0.394 e. The maximum Gasteiger partial charge on any atom is 0.243 e. The van der Waals surface area contributed by atoms with Crippen LogP contribution in [0.2, 0.25) is 0 Å². The maximum atomic E-state index is 12.1. The monoisotopic (exact) mass is 248 g/mol. The third-order valence-electron chi connectivity index (χ3n) is 3.42. The topological polar surface area (TPSA) is 61.4 Å². The number of para-hydroxylation sites is 1. The molecule has 0 saturated carbocycles. The Hall–Kier alpha value is -1.55. The lowest BCUT2D eigenvalue weighted by Gasteiger charge is -2.22. The molecule has 0 unspecified atom stereocenters. The van der Waals surface area contributed by atoms with Crippen LogP contribution in [0.25, 0.3) is 0 Å². The Kier molecular flexibility index (Phi) is 3.87. The van der Waals surface area contributed by atoms with Crippen LogP contribution in [0.15, 0.2) is 24.3 Å². The van der Waals surface area contributed by atoms with Crippen molar-refractivity contribution in [1.82, 2.24) is 5.32 Å². The summed E-state index contributed by atoms with van der Waals surface area (Å²) in [6.07, 6.45) is 0.707. The quantitative estimate of drug-likeness (QED) is 0.749. The molecule has 2 rings (SSSR count).